The summed E-state index contributed by atoms with van der Waals surface area (Å²) in [5, 5.41) is 3.09. The van der Waals surface area contributed by atoms with E-state index >= 15 is 0 Å². The summed E-state index contributed by atoms with van der Waals surface area (Å²) in [4.78, 5) is 29.5. The van der Waals surface area contributed by atoms with Gasteiger partial charge in [-0.1, -0.05) is 40.0 Å². The summed E-state index contributed by atoms with van der Waals surface area (Å²) in [5.41, 5.74) is 0. The van der Waals surface area contributed by atoms with Crippen molar-refractivity contribution < 1.29 is 9.59 Å². The van der Waals surface area contributed by atoms with Crippen LogP contribution in [0.2, 0.25) is 0 Å². The Balaban J connectivity index is 2.01. The zero-order valence-corrected chi connectivity index (χ0v) is 18.0. The van der Waals surface area contributed by atoms with E-state index in [1.54, 1.807) is 0 Å². The van der Waals surface area contributed by atoms with Crippen LogP contribution in [0.1, 0.15) is 65.7 Å². The Morgan fingerprint density at radius 1 is 1.26 bits per heavy atom. The van der Waals surface area contributed by atoms with Crippen LogP contribution >= 0.6 is 0 Å². The normalized spacial score (nSPS) is 24.9. The van der Waals surface area contributed by atoms with Crippen LogP contribution in [0.5, 0.6) is 0 Å². The first-order valence-corrected chi connectivity index (χ1v) is 11.2. The van der Waals surface area contributed by atoms with Crippen molar-refractivity contribution in [2.45, 2.75) is 77.8 Å². The molecule has 4 unspecified atom stereocenters. The molecule has 1 aliphatic heterocycles. The van der Waals surface area contributed by atoms with Crippen LogP contribution in [0.4, 0.5) is 0 Å². The highest BCUT2D eigenvalue weighted by Gasteiger charge is 2.39. The highest BCUT2D eigenvalue weighted by molar-refractivity contribution is 5.84. The van der Waals surface area contributed by atoms with E-state index in [9.17, 15) is 9.59 Å². The van der Waals surface area contributed by atoms with Gasteiger partial charge in [-0.25, -0.2) is 0 Å². The summed E-state index contributed by atoms with van der Waals surface area (Å²) < 4.78 is 0. The van der Waals surface area contributed by atoms with Crippen LogP contribution in [-0.2, 0) is 9.59 Å². The highest BCUT2D eigenvalue weighted by Crippen LogP contribution is 2.33. The molecule has 2 fully saturated rings. The summed E-state index contributed by atoms with van der Waals surface area (Å²) in [7, 11) is 2.17. The number of nitrogens with zero attached hydrogens (tertiary/aromatic N) is 2. The van der Waals surface area contributed by atoms with E-state index in [1.165, 1.54) is 19.3 Å². The summed E-state index contributed by atoms with van der Waals surface area (Å²) >= 11 is 0. The molecule has 1 saturated carbocycles. The number of hydrogen-bond acceptors (Lipinski definition) is 4. The molecule has 0 aromatic carbocycles. The molecule has 156 valence electrons. The summed E-state index contributed by atoms with van der Waals surface area (Å²) in [6.07, 6.45) is 8.63. The zero-order chi connectivity index (χ0) is 19.8. The third-order valence-corrected chi connectivity index (χ3v) is 6.78. The maximum absolute atomic E-state index is 13.2. The topological polar surface area (TPSA) is 52.7 Å². The van der Waals surface area contributed by atoms with Crippen LogP contribution in [0.15, 0.2) is 0 Å². The molecule has 0 bridgehead atoms. The lowest BCUT2D eigenvalue weighted by molar-refractivity contribution is -0.130. The number of likely N-dealkylation sites (tertiary alicyclic amines) is 1. The van der Waals surface area contributed by atoms with Crippen LogP contribution in [-0.4, -0.2) is 67.3 Å². The van der Waals surface area contributed by atoms with E-state index in [0.29, 0.717) is 17.8 Å². The van der Waals surface area contributed by atoms with Gasteiger partial charge in [-0.3, -0.25) is 9.69 Å². The maximum Gasteiger partial charge on any atom is 0.238 e. The molecule has 5 heteroatoms. The molecule has 1 heterocycles. The summed E-state index contributed by atoms with van der Waals surface area (Å²) in [6, 6.07) is -0.398. The van der Waals surface area contributed by atoms with Gasteiger partial charge in [0.25, 0.3) is 0 Å². The van der Waals surface area contributed by atoms with E-state index < -0.39 is 0 Å². The molecular formula is C22H41N3O2. The van der Waals surface area contributed by atoms with Gasteiger partial charge in [0.15, 0.2) is 0 Å². The lowest BCUT2D eigenvalue weighted by Gasteiger charge is -2.33. The number of nitrogens with one attached hydrogen (secondary N) is 1. The molecule has 0 aromatic rings. The fourth-order valence-corrected chi connectivity index (χ4v) is 4.80. The van der Waals surface area contributed by atoms with Crippen molar-refractivity contribution in [1.82, 2.24) is 15.1 Å². The standard InChI is InChI=1S/C22H41N3O2/c1-5-17(3)13-20(16-26)23-22(27)21(19-9-7-8-10-19)25-12-11-18(15-25)14-24(4)6-2/h16-21H,5-15H2,1-4H3,(H,23,27). The second-order valence-electron chi connectivity index (χ2n) is 8.99. The van der Waals surface area contributed by atoms with E-state index in [0.717, 1.165) is 58.1 Å². The predicted molar refractivity (Wildman–Crippen MR) is 111 cm³/mol. The van der Waals surface area contributed by atoms with Gasteiger partial charge in [-0.2, -0.15) is 0 Å². The van der Waals surface area contributed by atoms with Gasteiger partial charge in [0.2, 0.25) is 5.91 Å². The molecule has 4 atom stereocenters. The number of amides is 1. The monoisotopic (exact) mass is 379 g/mol. The Hall–Kier alpha value is -0.940. The summed E-state index contributed by atoms with van der Waals surface area (Å²) in [6.45, 7) is 10.7. The van der Waals surface area contributed by atoms with Crippen molar-refractivity contribution in [2.75, 3.05) is 33.2 Å². The van der Waals surface area contributed by atoms with Gasteiger partial charge in [0.05, 0.1) is 12.1 Å². The Kier molecular flexibility index (Phi) is 9.24. The first-order chi connectivity index (χ1) is 13.0. The van der Waals surface area contributed by atoms with Crippen molar-refractivity contribution in [3.05, 3.63) is 0 Å². The third kappa shape index (κ3) is 6.56. The minimum Gasteiger partial charge on any atom is -0.345 e. The molecule has 1 amide bonds. The number of hydrogen-bond donors (Lipinski definition) is 1. The quantitative estimate of drug-likeness (QED) is 0.561. The van der Waals surface area contributed by atoms with Crippen LogP contribution in [0.3, 0.4) is 0 Å². The van der Waals surface area contributed by atoms with Gasteiger partial charge in [-0.05, 0) is 63.6 Å². The molecule has 1 aliphatic carbocycles. The van der Waals surface area contributed by atoms with E-state index in [-0.39, 0.29) is 18.0 Å². The third-order valence-electron chi connectivity index (χ3n) is 6.78. The molecule has 2 aliphatic rings. The van der Waals surface area contributed by atoms with E-state index in [1.807, 2.05) is 0 Å². The second kappa shape index (κ2) is 11.2. The minimum atomic E-state index is -0.346. The lowest BCUT2D eigenvalue weighted by Crippen LogP contribution is -2.53. The molecule has 0 spiro atoms. The van der Waals surface area contributed by atoms with E-state index in [2.05, 4.69) is 42.9 Å². The maximum atomic E-state index is 13.2. The van der Waals surface area contributed by atoms with Crippen LogP contribution in [0, 0.1) is 17.8 Å². The van der Waals surface area contributed by atoms with Gasteiger partial charge < -0.3 is 15.0 Å². The van der Waals surface area contributed by atoms with Crippen molar-refractivity contribution in [1.29, 1.82) is 0 Å². The first kappa shape index (κ1) is 22.4. The number of rotatable bonds is 11. The van der Waals surface area contributed by atoms with Gasteiger partial charge in [0.1, 0.15) is 6.29 Å². The summed E-state index contributed by atoms with van der Waals surface area (Å²) in [5.74, 6) is 1.63. The fourth-order valence-electron chi connectivity index (χ4n) is 4.80. The van der Waals surface area contributed by atoms with Crippen molar-refractivity contribution in [2.24, 2.45) is 17.8 Å². The molecule has 27 heavy (non-hydrogen) atoms. The molecule has 0 radical (unpaired) electrons. The zero-order valence-electron chi connectivity index (χ0n) is 18.0. The second-order valence-corrected chi connectivity index (χ2v) is 8.99. The number of carbonyl (C=O) groups excluding carboxylic acids is 2. The van der Waals surface area contributed by atoms with Gasteiger partial charge in [0, 0.05) is 13.1 Å². The highest BCUT2D eigenvalue weighted by atomic mass is 16.2. The number of aldehydes is 1. The average Bonchev–Trinajstić information content (AvgIpc) is 3.34. The largest absolute Gasteiger partial charge is 0.345 e. The molecule has 0 aromatic heterocycles. The average molecular weight is 380 g/mol. The minimum absolute atomic E-state index is 0.0520. The Labute approximate surface area is 166 Å². The Bertz CT molecular complexity index is 464. The van der Waals surface area contributed by atoms with Gasteiger partial charge in [-0.15, -0.1) is 0 Å². The molecule has 2 rings (SSSR count). The van der Waals surface area contributed by atoms with Crippen molar-refractivity contribution >= 4 is 12.2 Å². The SMILES string of the molecule is CCC(C)CC(C=O)NC(=O)C(C1CCCC1)N1CCC(CN(C)CC)C1. The van der Waals surface area contributed by atoms with E-state index in [4.69, 9.17) is 0 Å². The smallest absolute Gasteiger partial charge is 0.238 e. The first-order valence-electron chi connectivity index (χ1n) is 11.2. The molecule has 1 saturated heterocycles. The lowest BCUT2D eigenvalue weighted by atomic mass is 9.94. The Morgan fingerprint density at radius 2 is 1.96 bits per heavy atom. The van der Waals surface area contributed by atoms with Gasteiger partial charge >= 0.3 is 0 Å². The van der Waals surface area contributed by atoms with Crippen LogP contribution < -0.4 is 5.32 Å². The predicted octanol–water partition coefficient (Wildman–Crippen LogP) is 2.94. The number of carbonyl (C=O) groups is 2. The van der Waals surface area contributed by atoms with Crippen molar-refractivity contribution in [3.8, 4) is 0 Å². The van der Waals surface area contributed by atoms with Crippen molar-refractivity contribution in [3.63, 3.8) is 0 Å². The fraction of sp³-hybridized carbons (Fsp3) is 0.909. The Morgan fingerprint density at radius 3 is 2.56 bits per heavy atom. The molecule has 5 nitrogen and oxygen atoms in total. The molecular weight excluding hydrogens is 338 g/mol. The van der Waals surface area contributed by atoms with Crippen LogP contribution in [0.25, 0.3) is 0 Å². The molecule has 1 N–H and O–H groups in total.